The van der Waals surface area contributed by atoms with Crippen LogP contribution in [0.25, 0.3) is 0 Å². The van der Waals surface area contributed by atoms with E-state index in [2.05, 4.69) is 5.32 Å². The quantitative estimate of drug-likeness (QED) is 0.824. The first-order valence-electron chi connectivity index (χ1n) is 6.61. The Balaban J connectivity index is 1.84. The van der Waals surface area contributed by atoms with Gasteiger partial charge in [0.15, 0.2) is 0 Å². The number of anilines is 2. The Kier molecular flexibility index (Phi) is 3.14. The molecule has 102 valence electrons. The molecule has 4 heteroatoms. The second kappa shape index (κ2) is 4.96. The molecule has 3 nitrogen and oxygen atoms in total. The molecule has 0 aliphatic heterocycles. The molecule has 0 aromatic heterocycles. The molecule has 2 aromatic rings. The standard InChI is InChI=1S/C16H15FN2O/c17-12-5-7-15(18)14(9-12)16(20)19-13-6-4-10-2-1-3-11(10)8-13/h4-9H,1-3,18H2,(H,19,20). The summed E-state index contributed by atoms with van der Waals surface area (Å²) >= 11 is 0. The molecular weight excluding hydrogens is 255 g/mol. The van der Waals surface area contributed by atoms with Crippen LogP contribution in [0, 0.1) is 5.82 Å². The van der Waals surface area contributed by atoms with Crippen LogP contribution < -0.4 is 11.1 Å². The van der Waals surface area contributed by atoms with E-state index in [9.17, 15) is 9.18 Å². The summed E-state index contributed by atoms with van der Waals surface area (Å²) in [5, 5.41) is 2.77. The van der Waals surface area contributed by atoms with Gasteiger partial charge in [-0.15, -0.1) is 0 Å². The Morgan fingerprint density at radius 3 is 2.75 bits per heavy atom. The van der Waals surface area contributed by atoms with Gasteiger partial charge in [0, 0.05) is 11.4 Å². The van der Waals surface area contributed by atoms with Crippen LogP contribution in [-0.4, -0.2) is 5.91 Å². The zero-order valence-electron chi connectivity index (χ0n) is 10.9. The third-order valence-corrected chi connectivity index (χ3v) is 3.62. The SMILES string of the molecule is Nc1ccc(F)cc1C(=O)Nc1ccc2c(c1)CCC2. The minimum Gasteiger partial charge on any atom is -0.398 e. The average Bonchev–Trinajstić information content (AvgIpc) is 2.89. The molecule has 0 atom stereocenters. The van der Waals surface area contributed by atoms with Crippen LogP contribution in [-0.2, 0) is 12.8 Å². The molecule has 2 aromatic carbocycles. The molecule has 20 heavy (non-hydrogen) atoms. The van der Waals surface area contributed by atoms with Crippen molar-refractivity contribution in [3.05, 3.63) is 58.9 Å². The molecule has 0 unspecified atom stereocenters. The fraction of sp³-hybridized carbons (Fsp3) is 0.188. The van der Waals surface area contributed by atoms with E-state index in [1.54, 1.807) is 0 Å². The van der Waals surface area contributed by atoms with Crippen LogP contribution in [0.2, 0.25) is 0 Å². The van der Waals surface area contributed by atoms with Crippen molar-refractivity contribution in [2.45, 2.75) is 19.3 Å². The van der Waals surface area contributed by atoms with Crippen LogP contribution in [0.4, 0.5) is 15.8 Å². The molecule has 0 fully saturated rings. The lowest BCUT2D eigenvalue weighted by Crippen LogP contribution is -2.14. The minimum absolute atomic E-state index is 0.158. The van der Waals surface area contributed by atoms with Gasteiger partial charge in [-0.05, 0) is 60.7 Å². The molecular formula is C16H15FN2O. The van der Waals surface area contributed by atoms with E-state index in [0.29, 0.717) is 0 Å². The lowest BCUT2D eigenvalue weighted by atomic mass is 10.1. The lowest BCUT2D eigenvalue weighted by Gasteiger charge is -2.09. The summed E-state index contributed by atoms with van der Waals surface area (Å²) in [5.41, 5.74) is 9.47. The number of benzene rings is 2. The number of amides is 1. The third kappa shape index (κ3) is 2.37. The van der Waals surface area contributed by atoms with E-state index >= 15 is 0 Å². The van der Waals surface area contributed by atoms with Crippen LogP contribution in [0.3, 0.4) is 0 Å². The number of rotatable bonds is 2. The first-order valence-corrected chi connectivity index (χ1v) is 6.61. The number of carbonyl (C=O) groups excluding carboxylic acids is 1. The van der Waals surface area contributed by atoms with E-state index in [4.69, 9.17) is 5.73 Å². The predicted molar refractivity (Wildman–Crippen MR) is 77.2 cm³/mol. The topological polar surface area (TPSA) is 55.1 Å². The molecule has 1 amide bonds. The lowest BCUT2D eigenvalue weighted by molar-refractivity contribution is 0.102. The molecule has 0 saturated heterocycles. The maximum Gasteiger partial charge on any atom is 0.257 e. The number of carbonyl (C=O) groups is 1. The molecule has 3 rings (SSSR count). The first kappa shape index (κ1) is 12.7. The van der Waals surface area contributed by atoms with Crippen molar-refractivity contribution in [2.24, 2.45) is 0 Å². The number of halogens is 1. The number of aryl methyl sites for hydroxylation is 2. The van der Waals surface area contributed by atoms with Gasteiger partial charge >= 0.3 is 0 Å². The number of nitrogens with two attached hydrogens (primary N) is 1. The fourth-order valence-electron chi connectivity index (χ4n) is 2.57. The van der Waals surface area contributed by atoms with Crippen LogP contribution in [0.1, 0.15) is 27.9 Å². The summed E-state index contributed by atoms with van der Waals surface area (Å²) < 4.78 is 13.2. The number of nitrogen functional groups attached to an aromatic ring is 1. The highest BCUT2D eigenvalue weighted by atomic mass is 19.1. The molecule has 1 aliphatic rings. The second-order valence-corrected chi connectivity index (χ2v) is 5.02. The van der Waals surface area contributed by atoms with Crippen molar-refractivity contribution in [3.8, 4) is 0 Å². The Bertz CT molecular complexity index is 682. The van der Waals surface area contributed by atoms with E-state index < -0.39 is 5.82 Å². The first-order chi connectivity index (χ1) is 9.63. The van der Waals surface area contributed by atoms with Gasteiger partial charge in [0.25, 0.3) is 5.91 Å². The van der Waals surface area contributed by atoms with Crippen LogP contribution in [0.5, 0.6) is 0 Å². The van der Waals surface area contributed by atoms with Crippen molar-refractivity contribution in [1.29, 1.82) is 0 Å². The fourth-order valence-corrected chi connectivity index (χ4v) is 2.57. The van der Waals surface area contributed by atoms with Gasteiger partial charge in [0.05, 0.1) is 5.56 Å². The number of fused-ring (bicyclic) bond motifs is 1. The molecule has 0 bridgehead atoms. The average molecular weight is 270 g/mol. The molecule has 0 spiro atoms. The molecule has 1 aliphatic carbocycles. The molecule has 0 heterocycles. The van der Waals surface area contributed by atoms with Gasteiger partial charge in [0.1, 0.15) is 5.82 Å². The van der Waals surface area contributed by atoms with E-state index in [0.717, 1.165) is 31.0 Å². The smallest absolute Gasteiger partial charge is 0.257 e. The number of nitrogens with one attached hydrogen (secondary N) is 1. The van der Waals surface area contributed by atoms with Gasteiger partial charge < -0.3 is 11.1 Å². The largest absolute Gasteiger partial charge is 0.398 e. The maximum atomic E-state index is 13.2. The van der Waals surface area contributed by atoms with Gasteiger partial charge in [-0.2, -0.15) is 0 Å². The highest BCUT2D eigenvalue weighted by Crippen LogP contribution is 2.25. The zero-order chi connectivity index (χ0) is 14.1. The van der Waals surface area contributed by atoms with E-state index in [-0.39, 0.29) is 17.2 Å². The minimum atomic E-state index is -0.474. The maximum absolute atomic E-state index is 13.2. The van der Waals surface area contributed by atoms with Crippen LogP contribution in [0.15, 0.2) is 36.4 Å². The summed E-state index contributed by atoms with van der Waals surface area (Å²) in [6, 6.07) is 9.67. The van der Waals surface area contributed by atoms with Crippen molar-refractivity contribution >= 4 is 17.3 Å². The molecule has 0 saturated carbocycles. The van der Waals surface area contributed by atoms with Gasteiger partial charge in [-0.25, -0.2) is 4.39 Å². The van der Waals surface area contributed by atoms with E-state index in [1.165, 1.54) is 23.3 Å². The highest BCUT2D eigenvalue weighted by Gasteiger charge is 2.14. The van der Waals surface area contributed by atoms with Gasteiger partial charge in [0.2, 0.25) is 0 Å². The van der Waals surface area contributed by atoms with Crippen molar-refractivity contribution in [2.75, 3.05) is 11.1 Å². The second-order valence-electron chi connectivity index (χ2n) is 5.02. The summed E-state index contributed by atoms with van der Waals surface area (Å²) in [6.45, 7) is 0. The number of hydrogen-bond acceptors (Lipinski definition) is 2. The summed E-state index contributed by atoms with van der Waals surface area (Å²) in [6.07, 6.45) is 3.30. The monoisotopic (exact) mass is 270 g/mol. The predicted octanol–water partition coefficient (Wildman–Crippen LogP) is 3.15. The normalized spacial score (nSPS) is 13.1. The zero-order valence-corrected chi connectivity index (χ0v) is 10.9. The Hall–Kier alpha value is -2.36. The van der Waals surface area contributed by atoms with Gasteiger partial charge in [-0.3, -0.25) is 4.79 Å². The Morgan fingerprint density at radius 2 is 1.90 bits per heavy atom. The van der Waals surface area contributed by atoms with Crippen LogP contribution >= 0.6 is 0 Å². The Morgan fingerprint density at radius 1 is 1.10 bits per heavy atom. The Labute approximate surface area is 116 Å². The van der Waals surface area contributed by atoms with Crippen molar-refractivity contribution in [1.82, 2.24) is 0 Å². The number of hydrogen-bond donors (Lipinski definition) is 2. The molecule has 3 N–H and O–H groups in total. The summed E-state index contributed by atoms with van der Waals surface area (Å²) in [7, 11) is 0. The van der Waals surface area contributed by atoms with Gasteiger partial charge in [-0.1, -0.05) is 6.07 Å². The highest BCUT2D eigenvalue weighted by molar-refractivity contribution is 6.07. The molecule has 0 radical (unpaired) electrons. The summed E-state index contributed by atoms with van der Waals surface area (Å²) in [4.78, 5) is 12.1. The van der Waals surface area contributed by atoms with Crippen molar-refractivity contribution < 1.29 is 9.18 Å². The summed E-state index contributed by atoms with van der Waals surface area (Å²) in [5.74, 6) is -0.863. The van der Waals surface area contributed by atoms with E-state index in [1.807, 2.05) is 18.2 Å². The van der Waals surface area contributed by atoms with Crippen molar-refractivity contribution in [3.63, 3.8) is 0 Å². The third-order valence-electron chi connectivity index (χ3n) is 3.62.